The van der Waals surface area contributed by atoms with Crippen LogP contribution < -0.4 is 0 Å². The first-order valence-electron chi connectivity index (χ1n) is 6.07. The minimum Gasteiger partial charge on any atom is -0.376 e. The van der Waals surface area contributed by atoms with Gasteiger partial charge in [-0.25, -0.2) is 9.97 Å². The van der Waals surface area contributed by atoms with Crippen molar-refractivity contribution in [2.75, 3.05) is 13.2 Å². The summed E-state index contributed by atoms with van der Waals surface area (Å²) in [5, 5.41) is 1.13. The fourth-order valence-electron chi connectivity index (χ4n) is 2.07. The molecule has 0 saturated carbocycles. The summed E-state index contributed by atoms with van der Waals surface area (Å²) in [4.78, 5) is 8.40. The van der Waals surface area contributed by atoms with E-state index in [1.165, 1.54) is 5.56 Å². The Morgan fingerprint density at radius 1 is 1.35 bits per heavy atom. The molecule has 0 unspecified atom stereocenters. The Bertz CT molecular complexity index is 514. The summed E-state index contributed by atoms with van der Waals surface area (Å²) in [5.74, 6) is 0. The predicted molar refractivity (Wildman–Crippen MR) is 68.1 cm³/mol. The molecular formula is C13H19N3O. The van der Waals surface area contributed by atoms with Gasteiger partial charge in [0.1, 0.15) is 12.0 Å². The van der Waals surface area contributed by atoms with Gasteiger partial charge in [-0.15, -0.1) is 0 Å². The van der Waals surface area contributed by atoms with Gasteiger partial charge in [0.25, 0.3) is 0 Å². The van der Waals surface area contributed by atoms with Gasteiger partial charge in [0.2, 0.25) is 0 Å². The third kappa shape index (κ3) is 1.82. The van der Waals surface area contributed by atoms with Crippen LogP contribution in [0.4, 0.5) is 0 Å². The average molecular weight is 233 g/mol. The van der Waals surface area contributed by atoms with Gasteiger partial charge >= 0.3 is 0 Å². The van der Waals surface area contributed by atoms with Crippen LogP contribution in [0.5, 0.6) is 0 Å². The van der Waals surface area contributed by atoms with Gasteiger partial charge in [-0.2, -0.15) is 0 Å². The zero-order valence-corrected chi connectivity index (χ0v) is 10.9. The molecule has 92 valence electrons. The van der Waals surface area contributed by atoms with Crippen molar-refractivity contribution in [3.05, 3.63) is 24.3 Å². The van der Waals surface area contributed by atoms with Crippen LogP contribution in [0, 0.1) is 6.92 Å². The van der Waals surface area contributed by atoms with Gasteiger partial charge in [-0.3, -0.25) is 0 Å². The molecule has 0 spiro atoms. The number of hydrogen-bond donors (Lipinski definition) is 0. The highest BCUT2D eigenvalue weighted by Gasteiger charge is 2.36. The summed E-state index contributed by atoms with van der Waals surface area (Å²) in [6.45, 7) is 9.81. The standard InChI is InChI=1S/C11H13N3O.C2H6/c1-8-4-14(11(2)5-15-6-11)10-9(8)3-12-7-13-10;1-2/h3-4,7H,5-6H2,1-2H3;1-2H3. The monoisotopic (exact) mass is 233 g/mol. The summed E-state index contributed by atoms with van der Waals surface area (Å²) < 4.78 is 7.50. The SMILES string of the molecule is CC.Cc1cn(C2(C)COC2)c2ncncc12. The lowest BCUT2D eigenvalue weighted by molar-refractivity contribution is -0.0877. The second-order valence-electron chi connectivity index (χ2n) is 4.43. The highest BCUT2D eigenvalue weighted by Crippen LogP contribution is 2.30. The Kier molecular flexibility index (Phi) is 3.15. The highest BCUT2D eigenvalue weighted by atomic mass is 16.5. The van der Waals surface area contributed by atoms with Crippen LogP contribution in [0.15, 0.2) is 18.7 Å². The Hall–Kier alpha value is -1.42. The largest absolute Gasteiger partial charge is 0.376 e. The summed E-state index contributed by atoms with van der Waals surface area (Å²) in [5.41, 5.74) is 2.30. The Balaban J connectivity index is 0.000000514. The molecule has 4 nitrogen and oxygen atoms in total. The Morgan fingerprint density at radius 2 is 2.06 bits per heavy atom. The topological polar surface area (TPSA) is 39.9 Å². The smallest absolute Gasteiger partial charge is 0.144 e. The molecule has 17 heavy (non-hydrogen) atoms. The summed E-state index contributed by atoms with van der Waals surface area (Å²) in [7, 11) is 0. The number of fused-ring (bicyclic) bond motifs is 1. The van der Waals surface area contributed by atoms with Crippen molar-refractivity contribution in [1.82, 2.24) is 14.5 Å². The van der Waals surface area contributed by atoms with Crippen molar-refractivity contribution < 1.29 is 4.74 Å². The third-order valence-corrected chi connectivity index (χ3v) is 3.07. The quantitative estimate of drug-likeness (QED) is 0.759. The van der Waals surface area contributed by atoms with Crippen LogP contribution in [-0.2, 0) is 10.3 Å². The van der Waals surface area contributed by atoms with Crippen molar-refractivity contribution in [3.8, 4) is 0 Å². The van der Waals surface area contributed by atoms with Crippen LogP contribution in [0.1, 0.15) is 26.3 Å². The lowest BCUT2D eigenvalue weighted by Gasteiger charge is -2.39. The van der Waals surface area contributed by atoms with Crippen molar-refractivity contribution in [2.24, 2.45) is 0 Å². The van der Waals surface area contributed by atoms with Gasteiger partial charge in [-0.05, 0) is 19.4 Å². The fraction of sp³-hybridized carbons (Fsp3) is 0.538. The molecule has 0 aromatic carbocycles. The maximum atomic E-state index is 5.29. The first-order chi connectivity index (χ1) is 8.21. The molecule has 2 aromatic heterocycles. The Morgan fingerprint density at radius 3 is 2.65 bits per heavy atom. The van der Waals surface area contributed by atoms with Crippen LogP contribution in [0.3, 0.4) is 0 Å². The number of hydrogen-bond acceptors (Lipinski definition) is 3. The van der Waals surface area contributed by atoms with E-state index >= 15 is 0 Å². The molecule has 0 atom stereocenters. The number of nitrogens with zero attached hydrogens (tertiary/aromatic N) is 3. The van der Waals surface area contributed by atoms with E-state index in [0.29, 0.717) is 0 Å². The van der Waals surface area contributed by atoms with Gasteiger partial charge in [0, 0.05) is 17.8 Å². The molecule has 0 amide bonds. The molecule has 2 aromatic rings. The van der Waals surface area contributed by atoms with Crippen molar-refractivity contribution >= 4 is 11.0 Å². The number of aryl methyl sites for hydroxylation is 1. The van der Waals surface area contributed by atoms with Crippen LogP contribution >= 0.6 is 0 Å². The molecule has 1 saturated heterocycles. The lowest BCUT2D eigenvalue weighted by Crippen LogP contribution is -2.48. The molecule has 0 radical (unpaired) electrons. The molecule has 0 aliphatic carbocycles. The van der Waals surface area contributed by atoms with E-state index < -0.39 is 0 Å². The van der Waals surface area contributed by atoms with Crippen LogP contribution in [0.25, 0.3) is 11.0 Å². The van der Waals surface area contributed by atoms with Gasteiger partial charge in [-0.1, -0.05) is 13.8 Å². The number of aromatic nitrogens is 3. The average Bonchev–Trinajstić information content (AvgIpc) is 2.68. The van der Waals surface area contributed by atoms with Crippen molar-refractivity contribution in [1.29, 1.82) is 0 Å². The molecule has 1 aliphatic heterocycles. The zero-order valence-electron chi connectivity index (χ0n) is 10.9. The third-order valence-electron chi connectivity index (χ3n) is 3.07. The molecule has 0 N–H and O–H groups in total. The Labute approximate surface area is 102 Å². The zero-order chi connectivity index (χ0) is 12.5. The minimum atomic E-state index is 0.0703. The summed E-state index contributed by atoms with van der Waals surface area (Å²) in [6, 6.07) is 0. The first-order valence-corrected chi connectivity index (χ1v) is 6.07. The van der Waals surface area contributed by atoms with Crippen LogP contribution in [0.2, 0.25) is 0 Å². The fourth-order valence-corrected chi connectivity index (χ4v) is 2.07. The molecule has 4 heteroatoms. The molecule has 1 fully saturated rings. The lowest BCUT2D eigenvalue weighted by atomic mass is 10.0. The molecule has 0 bridgehead atoms. The van der Waals surface area contributed by atoms with Gasteiger partial charge in [0.15, 0.2) is 0 Å². The minimum absolute atomic E-state index is 0.0703. The number of rotatable bonds is 1. The van der Waals surface area contributed by atoms with E-state index in [4.69, 9.17) is 4.74 Å². The van der Waals surface area contributed by atoms with Crippen molar-refractivity contribution in [2.45, 2.75) is 33.2 Å². The van der Waals surface area contributed by atoms with Crippen molar-refractivity contribution in [3.63, 3.8) is 0 Å². The normalized spacial score (nSPS) is 17.2. The molecule has 3 heterocycles. The number of ether oxygens (including phenoxy) is 1. The van der Waals surface area contributed by atoms with E-state index in [0.717, 1.165) is 24.2 Å². The van der Waals surface area contributed by atoms with E-state index in [2.05, 4.69) is 34.6 Å². The van der Waals surface area contributed by atoms with E-state index in [9.17, 15) is 0 Å². The molecule has 3 rings (SSSR count). The predicted octanol–water partition coefficient (Wildman–Crippen LogP) is 2.51. The van der Waals surface area contributed by atoms with Gasteiger partial charge in [0.05, 0.1) is 18.8 Å². The maximum absolute atomic E-state index is 5.29. The van der Waals surface area contributed by atoms with E-state index in [1.807, 2.05) is 20.0 Å². The van der Waals surface area contributed by atoms with Crippen LogP contribution in [-0.4, -0.2) is 27.7 Å². The maximum Gasteiger partial charge on any atom is 0.144 e. The van der Waals surface area contributed by atoms with E-state index in [-0.39, 0.29) is 5.54 Å². The molecular weight excluding hydrogens is 214 g/mol. The highest BCUT2D eigenvalue weighted by molar-refractivity contribution is 5.79. The second kappa shape index (κ2) is 4.45. The van der Waals surface area contributed by atoms with E-state index in [1.54, 1.807) is 6.33 Å². The summed E-state index contributed by atoms with van der Waals surface area (Å²) in [6.07, 6.45) is 5.61. The summed E-state index contributed by atoms with van der Waals surface area (Å²) >= 11 is 0. The first kappa shape index (κ1) is 12.0. The van der Waals surface area contributed by atoms with Gasteiger partial charge < -0.3 is 9.30 Å². The second-order valence-corrected chi connectivity index (χ2v) is 4.43. The molecule has 1 aliphatic rings.